The van der Waals surface area contributed by atoms with Crippen LogP contribution in [0.1, 0.15) is 71.3 Å². The Morgan fingerprint density at radius 3 is 2.60 bits per heavy atom. The molecule has 0 N–H and O–H groups in total. The molecule has 5 heteroatoms. The fraction of sp³-hybridized carbons (Fsp3) is 0.720. The fourth-order valence-corrected chi connectivity index (χ4v) is 4.25. The minimum Gasteiger partial charge on any atom is -0.493 e. The lowest BCUT2D eigenvalue weighted by Crippen LogP contribution is -2.40. The van der Waals surface area contributed by atoms with E-state index < -0.39 is 0 Å². The van der Waals surface area contributed by atoms with Gasteiger partial charge in [-0.1, -0.05) is 64.2 Å². The number of hydrogen-bond donors (Lipinski definition) is 0. The summed E-state index contributed by atoms with van der Waals surface area (Å²) in [5, 5.41) is 0. The van der Waals surface area contributed by atoms with Gasteiger partial charge in [0.05, 0.1) is 32.5 Å². The number of carbonyl (C=O) groups excluding carboxylic acids is 1. The third-order valence-electron chi connectivity index (χ3n) is 6.12. The van der Waals surface area contributed by atoms with Crippen LogP contribution in [0.25, 0.3) is 0 Å². The molecule has 30 heavy (non-hydrogen) atoms. The summed E-state index contributed by atoms with van der Waals surface area (Å²) in [6.07, 6.45) is 8.63. The van der Waals surface area contributed by atoms with Gasteiger partial charge in [-0.25, -0.2) is 4.79 Å². The van der Waals surface area contributed by atoms with Crippen molar-refractivity contribution in [2.75, 3.05) is 19.8 Å². The molecule has 5 nitrogen and oxygen atoms in total. The van der Waals surface area contributed by atoms with Crippen LogP contribution in [-0.4, -0.2) is 43.0 Å². The second-order valence-electron chi connectivity index (χ2n) is 9.39. The second-order valence-corrected chi connectivity index (χ2v) is 9.39. The van der Waals surface area contributed by atoms with Gasteiger partial charge in [-0.3, -0.25) is 0 Å². The van der Waals surface area contributed by atoms with Gasteiger partial charge >= 0.3 is 6.09 Å². The highest BCUT2D eigenvalue weighted by Crippen LogP contribution is 2.30. The summed E-state index contributed by atoms with van der Waals surface area (Å²) in [5.74, 6) is 1.88. The van der Waals surface area contributed by atoms with E-state index in [-0.39, 0.29) is 12.1 Å². The minimum absolute atomic E-state index is 0.140. The van der Waals surface area contributed by atoms with Crippen molar-refractivity contribution in [1.29, 1.82) is 0 Å². The molecule has 0 aromatic heterocycles. The number of rotatable bonds is 11. The predicted octanol–water partition coefficient (Wildman–Crippen LogP) is 5.81. The molecule has 1 aliphatic heterocycles. The van der Waals surface area contributed by atoms with E-state index in [0.717, 1.165) is 30.8 Å². The van der Waals surface area contributed by atoms with Gasteiger partial charge in [0.1, 0.15) is 5.75 Å². The van der Waals surface area contributed by atoms with Crippen molar-refractivity contribution >= 4 is 6.09 Å². The number of amides is 1. The van der Waals surface area contributed by atoms with E-state index in [1.807, 2.05) is 23.1 Å². The lowest BCUT2D eigenvalue weighted by Gasteiger charge is -2.33. The Balaban J connectivity index is 1.66. The minimum atomic E-state index is -0.215. The molecule has 2 atom stereocenters. The average molecular weight is 418 g/mol. The number of carbonyl (C=O) groups is 1. The van der Waals surface area contributed by atoms with Gasteiger partial charge in [0.15, 0.2) is 0 Å². The first-order valence-electron chi connectivity index (χ1n) is 11.8. The van der Waals surface area contributed by atoms with Gasteiger partial charge < -0.3 is 19.1 Å². The van der Waals surface area contributed by atoms with Crippen molar-refractivity contribution < 1.29 is 19.0 Å². The van der Waals surface area contributed by atoms with E-state index >= 15 is 0 Å². The molecule has 1 saturated carbocycles. The van der Waals surface area contributed by atoms with Crippen molar-refractivity contribution in [2.45, 2.75) is 84.4 Å². The summed E-state index contributed by atoms with van der Waals surface area (Å²) >= 11 is 0. The Hall–Kier alpha value is -1.75. The van der Waals surface area contributed by atoms with E-state index in [0.29, 0.717) is 37.7 Å². The molecule has 1 aliphatic carbocycles. The van der Waals surface area contributed by atoms with Crippen molar-refractivity contribution in [2.24, 2.45) is 11.8 Å². The summed E-state index contributed by atoms with van der Waals surface area (Å²) < 4.78 is 16.9. The Kier molecular flexibility index (Phi) is 8.86. The molecule has 1 heterocycles. The fourth-order valence-electron chi connectivity index (χ4n) is 4.25. The molecule has 3 rings (SSSR count). The molecule has 0 spiro atoms. The molecule has 0 bridgehead atoms. The Morgan fingerprint density at radius 2 is 1.90 bits per heavy atom. The molecule has 2 aliphatic rings. The molecule has 1 aromatic carbocycles. The highest BCUT2D eigenvalue weighted by molar-refractivity contribution is 5.68. The van der Waals surface area contributed by atoms with Crippen LogP contribution < -0.4 is 4.74 Å². The molecule has 1 aromatic rings. The number of ether oxygens (including phenoxy) is 3. The van der Waals surface area contributed by atoms with Crippen LogP contribution in [-0.2, 0) is 16.0 Å². The smallest absolute Gasteiger partial charge is 0.410 e. The number of hydrogen-bond acceptors (Lipinski definition) is 4. The summed E-state index contributed by atoms with van der Waals surface area (Å²) in [6.45, 7) is 8.74. The van der Waals surface area contributed by atoms with Crippen molar-refractivity contribution in [3.63, 3.8) is 0 Å². The molecule has 0 radical (unpaired) electrons. The van der Waals surface area contributed by atoms with Gasteiger partial charge in [0.2, 0.25) is 0 Å². The van der Waals surface area contributed by atoms with E-state index in [2.05, 4.69) is 26.8 Å². The maximum atomic E-state index is 13.0. The van der Waals surface area contributed by atoms with Crippen molar-refractivity contribution in [3.8, 4) is 5.75 Å². The van der Waals surface area contributed by atoms with Crippen molar-refractivity contribution in [3.05, 3.63) is 29.8 Å². The number of para-hydroxylation sites is 1. The van der Waals surface area contributed by atoms with E-state index in [1.165, 1.54) is 32.1 Å². The Bertz CT molecular complexity index is 652. The first kappa shape index (κ1) is 22.9. The largest absolute Gasteiger partial charge is 0.493 e. The number of benzene rings is 1. The first-order valence-corrected chi connectivity index (χ1v) is 11.8. The summed E-state index contributed by atoms with van der Waals surface area (Å²) in [6, 6.07) is 8.18. The van der Waals surface area contributed by atoms with Crippen LogP contribution in [0, 0.1) is 11.8 Å². The zero-order valence-corrected chi connectivity index (χ0v) is 19.0. The van der Waals surface area contributed by atoms with Crippen molar-refractivity contribution in [1.82, 2.24) is 4.90 Å². The lowest BCUT2D eigenvalue weighted by molar-refractivity contribution is 0.0700. The van der Waals surface area contributed by atoms with E-state index in [1.54, 1.807) is 0 Å². The predicted molar refractivity (Wildman–Crippen MR) is 119 cm³/mol. The van der Waals surface area contributed by atoms with Gasteiger partial charge in [-0.2, -0.15) is 0 Å². The van der Waals surface area contributed by atoms with Crippen LogP contribution in [0.4, 0.5) is 4.79 Å². The van der Waals surface area contributed by atoms with Gasteiger partial charge in [0, 0.05) is 18.0 Å². The highest BCUT2D eigenvalue weighted by Gasteiger charge is 2.27. The molecular weight excluding hydrogens is 378 g/mol. The second kappa shape index (κ2) is 11.6. The summed E-state index contributed by atoms with van der Waals surface area (Å²) in [5.41, 5.74) is 1.03. The SMILES string of the molecule is CC(C)COC(=O)N(Cc1ccccc1OCCC1CO1)C(C)CC1CCCCC1. The maximum Gasteiger partial charge on any atom is 0.410 e. The molecule has 2 unspecified atom stereocenters. The Morgan fingerprint density at radius 1 is 1.17 bits per heavy atom. The molecular formula is C25H39NO4. The zero-order chi connectivity index (χ0) is 21.3. The molecule has 1 saturated heterocycles. The maximum absolute atomic E-state index is 13.0. The third kappa shape index (κ3) is 7.50. The molecule has 2 fully saturated rings. The summed E-state index contributed by atoms with van der Waals surface area (Å²) in [7, 11) is 0. The Labute approximate surface area is 182 Å². The van der Waals surface area contributed by atoms with Crippen LogP contribution in [0.3, 0.4) is 0 Å². The normalized spacial score (nSPS) is 20.1. The number of epoxide rings is 1. The lowest BCUT2D eigenvalue weighted by atomic mass is 9.85. The van der Waals surface area contributed by atoms with Crippen LogP contribution in [0.15, 0.2) is 24.3 Å². The van der Waals surface area contributed by atoms with Crippen LogP contribution in [0.2, 0.25) is 0 Å². The van der Waals surface area contributed by atoms with E-state index in [4.69, 9.17) is 14.2 Å². The average Bonchev–Trinajstić information content (AvgIpc) is 3.56. The van der Waals surface area contributed by atoms with Gasteiger partial charge in [0.25, 0.3) is 0 Å². The third-order valence-corrected chi connectivity index (χ3v) is 6.12. The highest BCUT2D eigenvalue weighted by atomic mass is 16.6. The number of nitrogens with zero attached hydrogens (tertiary/aromatic N) is 1. The van der Waals surface area contributed by atoms with Gasteiger partial charge in [-0.05, 0) is 31.2 Å². The monoisotopic (exact) mass is 417 g/mol. The van der Waals surface area contributed by atoms with Crippen LogP contribution >= 0.6 is 0 Å². The topological polar surface area (TPSA) is 51.3 Å². The standard InChI is InChI=1S/C25H39NO4/c1-19(2)17-30-25(27)26(20(3)15-21-9-5-4-6-10-21)16-22-11-7-8-12-24(22)28-14-13-23-18-29-23/h7-8,11-12,19-21,23H,4-6,9-10,13-18H2,1-3H3. The van der Waals surface area contributed by atoms with Crippen LogP contribution in [0.5, 0.6) is 5.75 Å². The van der Waals surface area contributed by atoms with E-state index in [9.17, 15) is 4.79 Å². The quantitative estimate of drug-likeness (QED) is 0.427. The molecule has 1 amide bonds. The first-order chi connectivity index (χ1) is 14.5. The van der Waals surface area contributed by atoms with Gasteiger partial charge in [-0.15, -0.1) is 0 Å². The summed E-state index contributed by atoms with van der Waals surface area (Å²) in [4.78, 5) is 14.9. The molecule has 168 valence electrons. The zero-order valence-electron chi connectivity index (χ0n) is 19.0.